The third-order valence-electron chi connectivity index (χ3n) is 4.07. The van der Waals surface area contributed by atoms with Crippen molar-refractivity contribution in [3.05, 3.63) is 24.3 Å². The van der Waals surface area contributed by atoms with E-state index in [-0.39, 0.29) is 5.41 Å². The second kappa shape index (κ2) is 6.26. The van der Waals surface area contributed by atoms with Gasteiger partial charge in [0.2, 0.25) is 0 Å². The molecule has 1 aliphatic rings. The second-order valence-corrected chi connectivity index (χ2v) is 5.37. The molecule has 4 nitrogen and oxygen atoms in total. The van der Waals surface area contributed by atoms with Crippen molar-refractivity contribution in [1.29, 1.82) is 0 Å². The van der Waals surface area contributed by atoms with Crippen LogP contribution in [0.1, 0.15) is 12.8 Å². The second-order valence-electron chi connectivity index (χ2n) is 5.37. The zero-order chi connectivity index (χ0) is 13.7. The van der Waals surface area contributed by atoms with Crippen LogP contribution in [0.3, 0.4) is 0 Å². The standard InChI is InChI=1S/C15H24N2O2/c1-17(13-3-5-14(18-2)6-4-13)12-15(11-16)7-9-19-10-8-15/h3-6H,7-12,16H2,1-2H3. The number of rotatable bonds is 5. The van der Waals surface area contributed by atoms with Crippen LogP contribution in [-0.2, 0) is 4.74 Å². The number of hydrogen-bond acceptors (Lipinski definition) is 4. The molecule has 0 aliphatic carbocycles. The molecule has 0 atom stereocenters. The SMILES string of the molecule is COc1ccc(N(C)CC2(CN)CCOCC2)cc1. The van der Waals surface area contributed by atoms with E-state index >= 15 is 0 Å². The molecule has 0 aromatic heterocycles. The van der Waals surface area contributed by atoms with Crippen LogP contribution in [0, 0.1) is 5.41 Å². The Morgan fingerprint density at radius 2 is 1.89 bits per heavy atom. The Hall–Kier alpha value is -1.26. The van der Waals surface area contributed by atoms with E-state index in [1.54, 1.807) is 7.11 Å². The van der Waals surface area contributed by atoms with Gasteiger partial charge < -0.3 is 20.1 Å². The average molecular weight is 264 g/mol. The molecular formula is C15H24N2O2. The third-order valence-corrected chi connectivity index (χ3v) is 4.07. The van der Waals surface area contributed by atoms with Crippen molar-refractivity contribution in [3.63, 3.8) is 0 Å². The summed E-state index contributed by atoms with van der Waals surface area (Å²) in [6.45, 7) is 3.34. The number of anilines is 1. The van der Waals surface area contributed by atoms with Gasteiger partial charge >= 0.3 is 0 Å². The van der Waals surface area contributed by atoms with Crippen molar-refractivity contribution in [2.45, 2.75) is 12.8 Å². The van der Waals surface area contributed by atoms with Crippen molar-refractivity contribution in [1.82, 2.24) is 0 Å². The minimum Gasteiger partial charge on any atom is -0.497 e. The van der Waals surface area contributed by atoms with Gasteiger partial charge in [-0.15, -0.1) is 0 Å². The number of benzene rings is 1. The summed E-state index contributed by atoms with van der Waals surface area (Å²) in [6, 6.07) is 8.15. The number of hydrogen-bond donors (Lipinski definition) is 1. The lowest BCUT2D eigenvalue weighted by molar-refractivity contribution is 0.0229. The molecule has 1 aromatic carbocycles. The van der Waals surface area contributed by atoms with E-state index in [4.69, 9.17) is 15.2 Å². The average Bonchev–Trinajstić information content (AvgIpc) is 2.48. The van der Waals surface area contributed by atoms with Gasteiger partial charge in [-0.3, -0.25) is 0 Å². The minimum absolute atomic E-state index is 0.187. The summed E-state index contributed by atoms with van der Waals surface area (Å²) in [7, 11) is 3.80. The maximum Gasteiger partial charge on any atom is 0.119 e. The molecule has 106 valence electrons. The molecule has 1 aromatic rings. The van der Waals surface area contributed by atoms with Crippen LogP contribution in [-0.4, -0.2) is 40.5 Å². The number of nitrogens with two attached hydrogens (primary N) is 1. The summed E-state index contributed by atoms with van der Waals surface area (Å²) in [5.41, 5.74) is 7.39. The molecule has 1 aliphatic heterocycles. The summed E-state index contributed by atoms with van der Waals surface area (Å²) in [4.78, 5) is 2.28. The van der Waals surface area contributed by atoms with Crippen molar-refractivity contribution in [2.24, 2.45) is 11.1 Å². The fourth-order valence-electron chi connectivity index (χ4n) is 2.66. The predicted octanol–water partition coefficient (Wildman–Crippen LogP) is 1.89. The van der Waals surface area contributed by atoms with E-state index in [9.17, 15) is 0 Å². The molecule has 0 radical (unpaired) electrons. The molecule has 19 heavy (non-hydrogen) atoms. The molecule has 0 amide bonds. The number of methoxy groups -OCH3 is 1. The van der Waals surface area contributed by atoms with Crippen molar-refractivity contribution in [3.8, 4) is 5.75 Å². The lowest BCUT2D eigenvalue weighted by Gasteiger charge is -2.39. The Bertz CT molecular complexity index is 386. The van der Waals surface area contributed by atoms with Gasteiger partial charge in [0.1, 0.15) is 5.75 Å². The molecule has 1 fully saturated rings. The Kier molecular flexibility index (Phi) is 4.66. The highest BCUT2D eigenvalue weighted by Gasteiger charge is 2.32. The summed E-state index contributed by atoms with van der Waals surface area (Å²) in [5, 5.41) is 0. The Labute approximate surface area is 115 Å². The van der Waals surface area contributed by atoms with Gasteiger partial charge in [-0.25, -0.2) is 0 Å². The van der Waals surface area contributed by atoms with Gasteiger partial charge in [0.25, 0.3) is 0 Å². The maximum atomic E-state index is 6.01. The first-order valence-corrected chi connectivity index (χ1v) is 6.82. The van der Waals surface area contributed by atoms with Gasteiger partial charge in [-0.2, -0.15) is 0 Å². The molecular weight excluding hydrogens is 240 g/mol. The molecule has 0 bridgehead atoms. The van der Waals surface area contributed by atoms with E-state index < -0.39 is 0 Å². The topological polar surface area (TPSA) is 47.7 Å². The number of nitrogens with zero attached hydrogens (tertiary/aromatic N) is 1. The summed E-state index contributed by atoms with van der Waals surface area (Å²) >= 11 is 0. The summed E-state index contributed by atoms with van der Waals surface area (Å²) < 4.78 is 10.6. The van der Waals surface area contributed by atoms with E-state index in [1.807, 2.05) is 12.1 Å². The zero-order valence-corrected chi connectivity index (χ0v) is 11.9. The van der Waals surface area contributed by atoms with Crippen molar-refractivity contribution in [2.75, 3.05) is 45.4 Å². The molecule has 1 heterocycles. The highest BCUT2D eigenvalue weighted by Crippen LogP contribution is 2.31. The lowest BCUT2D eigenvalue weighted by atomic mass is 9.80. The quantitative estimate of drug-likeness (QED) is 0.882. The zero-order valence-electron chi connectivity index (χ0n) is 11.9. The first-order chi connectivity index (χ1) is 9.19. The van der Waals surface area contributed by atoms with E-state index in [2.05, 4.69) is 24.1 Å². The van der Waals surface area contributed by atoms with Gasteiger partial charge in [-0.05, 0) is 43.7 Å². The molecule has 1 saturated heterocycles. The first kappa shape index (κ1) is 14.2. The predicted molar refractivity (Wildman–Crippen MR) is 77.8 cm³/mol. The number of ether oxygens (including phenoxy) is 2. The van der Waals surface area contributed by atoms with Crippen LogP contribution in [0.15, 0.2) is 24.3 Å². The van der Waals surface area contributed by atoms with E-state index in [1.165, 1.54) is 5.69 Å². The molecule has 4 heteroatoms. The highest BCUT2D eigenvalue weighted by atomic mass is 16.5. The minimum atomic E-state index is 0.187. The molecule has 0 saturated carbocycles. The third kappa shape index (κ3) is 3.39. The van der Waals surface area contributed by atoms with Gasteiger partial charge in [0.15, 0.2) is 0 Å². The summed E-state index contributed by atoms with van der Waals surface area (Å²) in [6.07, 6.45) is 2.09. The maximum absolute atomic E-state index is 6.01. The Balaban J connectivity index is 2.03. The first-order valence-electron chi connectivity index (χ1n) is 6.82. The van der Waals surface area contributed by atoms with Gasteiger partial charge in [-0.1, -0.05) is 0 Å². The van der Waals surface area contributed by atoms with Crippen LogP contribution < -0.4 is 15.4 Å². The lowest BCUT2D eigenvalue weighted by Crippen LogP contribution is -2.45. The monoisotopic (exact) mass is 264 g/mol. The Morgan fingerprint density at radius 1 is 1.26 bits per heavy atom. The van der Waals surface area contributed by atoms with Gasteiger partial charge in [0, 0.05) is 37.9 Å². The molecule has 2 rings (SSSR count). The van der Waals surface area contributed by atoms with Crippen LogP contribution in [0.2, 0.25) is 0 Å². The van der Waals surface area contributed by atoms with E-state index in [0.29, 0.717) is 0 Å². The van der Waals surface area contributed by atoms with Crippen LogP contribution in [0.25, 0.3) is 0 Å². The van der Waals surface area contributed by atoms with E-state index in [0.717, 1.165) is 44.9 Å². The fourth-order valence-corrected chi connectivity index (χ4v) is 2.66. The van der Waals surface area contributed by atoms with Crippen molar-refractivity contribution >= 4 is 5.69 Å². The van der Waals surface area contributed by atoms with Crippen LogP contribution >= 0.6 is 0 Å². The normalized spacial score (nSPS) is 18.1. The summed E-state index contributed by atoms with van der Waals surface area (Å²) in [5.74, 6) is 0.886. The molecule has 0 unspecified atom stereocenters. The van der Waals surface area contributed by atoms with Crippen LogP contribution in [0.5, 0.6) is 5.75 Å². The van der Waals surface area contributed by atoms with Gasteiger partial charge in [0.05, 0.1) is 7.11 Å². The molecule has 2 N–H and O–H groups in total. The smallest absolute Gasteiger partial charge is 0.119 e. The Morgan fingerprint density at radius 3 is 2.42 bits per heavy atom. The van der Waals surface area contributed by atoms with Crippen molar-refractivity contribution < 1.29 is 9.47 Å². The highest BCUT2D eigenvalue weighted by molar-refractivity contribution is 5.48. The fraction of sp³-hybridized carbons (Fsp3) is 0.600. The molecule has 0 spiro atoms. The largest absolute Gasteiger partial charge is 0.497 e. The van der Waals surface area contributed by atoms with Crippen LogP contribution in [0.4, 0.5) is 5.69 Å².